The van der Waals surface area contributed by atoms with Crippen LogP contribution in [0.2, 0.25) is 0 Å². The standard InChI is InChI=1S/C20H23NO5S/c1-4-18(15-7-5-14(2)6-8-15)21-19(22)13-26-20(23)16-9-11-17(12-10-16)27(3,24)25/h5-12,18H,4,13H2,1-3H3,(H,21,22)/t18-/m0/s1. The first-order valence-corrected chi connectivity index (χ1v) is 10.4. The number of sulfone groups is 1. The maximum atomic E-state index is 12.1. The van der Waals surface area contributed by atoms with Gasteiger partial charge in [-0.3, -0.25) is 4.79 Å². The minimum absolute atomic E-state index is 0.112. The molecule has 1 N–H and O–H groups in total. The lowest BCUT2D eigenvalue weighted by atomic mass is 10.0. The molecule has 27 heavy (non-hydrogen) atoms. The zero-order valence-electron chi connectivity index (χ0n) is 15.6. The van der Waals surface area contributed by atoms with Crippen molar-refractivity contribution in [2.75, 3.05) is 12.9 Å². The van der Waals surface area contributed by atoms with Crippen molar-refractivity contribution in [3.05, 3.63) is 65.2 Å². The highest BCUT2D eigenvalue weighted by Gasteiger charge is 2.16. The predicted molar refractivity (Wildman–Crippen MR) is 102 cm³/mol. The van der Waals surface area contributed by atoms with E-state index >= 15 is 0 Å². The van der Waals surface area contributed by atoms with E-state index in [-0.39, 0.29) is 16.5 Å². The molecule has 0 saturated heterocycles. The molecule has 0 heterocycles. The number of ether oxygens (including phenoxy) is 1. The van der Waals surface area contributed by atoms with Crippen LogP contribution in [0.3, 0.4) is 0 Å². The number of amides is 1. The summed E-state index contributed by atoms with van der Waals surface area (Å²) in [4.78, 5) is 24.2. The molecule has 0 aliphatic carbocycles. The van der Waals surface area contributed by atoms with Gasteiger partial charge in [0, 0.05) is 6.26 Å². The molecule has 0 fully saturated rings. The molecule has 1 amide bonds. The molecule has 144 valence electrons. The van der Waals surface area contributed by atoms with Crippen LogP contribution in [0, 0.1) is 6.92 Å². The smallest absolute Gasteiger partial charge is 0.338 e. The van der Waals surface area contributed by atoms with Crippen LogP contribution in [0.1, 0.15) is 40.9 Å². The van der Waals surface area contributed by atoms with Crippen molar-refractivity contribution in [2.24, 2.45) is 0 Å². The van der Waals surface area contributed by atoms with Gasteiger partial charge in [-0.1, -0.05) is 36.8 Å². The maximum absolute atomic E-state index is 12.1. The van der Waals surface area contributed by atoms with E-state index in [0.29, 0.717) is 6.42 Å². The largest absolute Gasteiger partial charge is 0.452 e. The van der Waals surface area contributed by atoms with Gasteiger partial charge in [0.1, 0.15) is 0 Å². The van der Waals surface area contributed by atoms with Crippen LogP contribution >= 0.6 is 0 Å². The molecule has 0 spiro atoms. The van der Waals surface area contributed by atoms with E-state index in [1.807, 2.05) is 38.1 Å². The van der Waals surface area contributed by atoms with Gasteiger partial charge in [-0.05, 0) is 43.2 Å². The van der Waals surface area contributed by atoms with E-state index in [9.17, 15) is 18.0 Å². The summed E-state index contributed by atoms with van der Waals surface area (Å²) in [6.07, 6.45) is 1.79. The number of esters is 1. The van der Waals surface area contributed by atoms with Crippen molar-refractivity contribution >= 4 is 21.7 Å². The van der Waals surface area contributed by atoms with Crippen molar-refractivity contribution in [1.29, 1.82) is 0 Å². The van der Waals surface area contributed by atoms with Crippen LogP contribution in [0.15, 0.2) is 53.4 Å². The molecule has 0 saturated carbocycles. The van der Waals surface area contributed by atoms with Crippen molar-refractivity contribution in [3.8, 4) is 0 Å². The Labute approximate surface area is 159 Å². The first kappa shape index (κ1) is 20.6. The van der Waals surface area contributed by atoms with Crippen molar-refractivity contribution in [2.45, 2.75) is 31.2 Å². The molecule has 0 bridgehead atoms. The number of rotatable bonds is 7. The van der Waals surface area contributed by atoms with E-state index in [0.717, 1.165) is 17.4 Å². The summed E-state index contributed by atoms with van der Waals surface area (Å²) in [5.41, 5.74) is 2.30. The molecule has 0 aliphatic heterocycles. The molecular formula is C20H23NO5S. The molecule has 0 radical (unpaired) electrons. The van der Waals surface area contributed by atoms with Crippen LogP contribution in [-0.4, -0.2) is 33.2 Å². The van der Waals surface area contributed by atoms with Gasteiger partial charge in [0.15, 0.2) is 16.4 Å². The monoisotopic (exact) mass is 389 g/mol. The highest BCUT2D eigenvalue weighted by atomic mass is 32.2. The lowest BCUT2D eigenvalue weighted by Crippen LogP contribution is -2.32. The highest BCUT2D eigenvalue weighted by Crippen LogP contribution is 2.17. The molecule has 6 nitrogen and oxygen atoms in total. The topological polar surface area (TPSA) is 89.5 Å². The number of benzene rings is 2. The number of carbonyl (C=O) groups is 2. The van der Waals surface area contributed by atoms with Crippen LogP contribution in [-0.2, 0) is 19.4 Å². The van der Waals surface area contributed by atoms with Gasteiger partial charge in [-0.2, -0.15) is 0 Å². The zero-order chi connectivity index (χ0) is 20.0. The molecule has 0 aromatic heterocycles. The van der Waals surface area contributed by atoms with Gasteiger partial charge < -0.3 is 10.1 Å². The van der Waals surface area contributed by atoms with E-state index in [1.165, 1.54) is 24.3 Å². The maximum Gasteiger partial charge on any atom is 0.338 e. The van der Waals surface area contributed by atoms with E-state index < -0.39 is 28.3 Å². The second-order valence-corrected chi connectivity index (χ2v) is 8.33. The van der Waals surface area contributed by atoms with Crippen LogP contribution in [0.4, 0.5) is 0 Å². The predicted octanol–water partition coefficient (Wildman–Crippen LogP) is 2.82. The number of carbonyl (C=O) groups excluding carboxylic acids is 2. The Morgan fingerprint density at radius 1 is 1.04 bits per heavy atom. The average Bonchev–Trinajstić information content (AvgIpc) is 2.64. The Hall–Kier alpha value is -2.67. The normalized spacial score (nSPS) is 12.3. The molecular weight excluding hydrogens is 366 g/mol. The van der Waals surface area contributed by atoms with Crippen LogP contribution < -0.4 is 5.32 Å². The molecule has 7 heteroatoms. The van der Waals surface area contributed by atoms with E-state index in [4.69, 9.17) is 4.74 Å². The number of hydrogen-bond donors (Lipinski definition) is 1. The quantitative estimate of drug-likeness (QED) is 0.736. The van der Waals surface area contributed by atoms with Crippen molar-refractivity contribution in [3.63, 3.8) is 0 Å². The molecule has 0 unspecified atom stereocenters. The molecule has 0 aliphatic rings. The van der Waals surface area contributed by atoms with Gasteiger partial charge in [-0.25, -0.2) is 13.2 Å². The molecule has 1 atom stereocenters. The van der Waals surface area contributed by atoms with Gasteiger partial charge in [-0.15, -0.1) is 0 Å². The second kappa shape index (κ2) is 8.81. The SMILES string of the molecule is CC[C@H](NC(=O)COC(=O)c1ccc(S(C)(=O)=O)cc1)c1ccc(C)cc1. The third kappa shape index (κ3) is 5.92. The fraction of sp³-hybridized carbons (Fsp3) is 0.300. The fourth-order valence-electron chi connectivity index (χ4n) is 2.51. The number of aryl methyl sites for hydroxylation is 1. The van der Waals surface area contributed by atoms with Gasteiger partial charge >= 0.3 is 5.97 Å². The highest BCUT2D eigenvalue weighted by molar-refractivity contribution is 7.90. The Kier molecular flexibility index (Phi) is 6.74. The van der Waals surface area contributed by atoms with Gasteiger partial charge in [0.2, 0.25) is 0 Å². The summed E-state index contributed by atoms with van der Waals surface area (Å²) in [7, 11) is -3.33. The summed E-state index contributed by atoms with van der Waals surface area (Å²) in [5.74, 6) is -1.09. The fourth-order valence-corrected chi connectivity index (χ4v) is 3.14. The van der Waals surface area contributed by atoms with Crippen molar-refractivity contribution in [1.82, 2.24) is 5.32 Å². The Morgan fingerprint density at radius 3 is 2.15 bits per heavy atom. The van der Waals surface area contributed by atoms with E-state index in [1.54, 1.807) is 0 Å². The first-order valence-electron chi connectivity index (χ1n) is 8.54. The minimum Gasteiger partial charge on any atom is -0.452 e. The number of hydrogen-bond acceptors (Lipinski definition) is 5. The van der Waals surface area contributed by atoms with Crippen molar-refractivity contribution < 1.29 is 22.7 Å². The van der Waals surface area contributed by atoms with Crippen LogP contribution in [0.25, 0.3) is 0 Å². The molecule has 2 aromatic rings. The third-order valence-corrected chi connectivity index (χ3v) is 5.20. The van der Waals surface area contributed by atoms with Crippen LogP contribution in [0.5, 0.6) is 0 Å². The Morgan fingerprint density at radius 2 is 1.63 bits per heavy atom. The second-order valence-electron chi connectivity index (χ2n) is 6.31. The van der Waals surface area contributed by atoms with Gasteiger partial charge in [0.25, 0.3) is 5.91 Å². The summed E-state index contributed by atoms with van der Waals surface area (Å²) >= 11 is 0. The lowest BCUT2D eigenvalue weighted by molar-refractivity contribution is -0.125. The lowest BCUT2D eigenvalue weighted by Gasteiger charge is -2.17. The van der Waals surface area contributed by atoms with E-state index in [2.05, 4.69) is 5.32 Å². The summed E-state index contributed by atoms with van der Waals surface area (Å²) in [5, 5.41) is 2.84. The first-order chi connectivity index (χ1) is 12.7. The summed E-state index contributed by atoms with van der Waals surface area (Å²) in [6, 6.07) is 13.1. The third-order valence-electron chi connectivity index (χ3n) is 4.08. The Balaban J connectivity index is 1.92. The Bertz CT molecular complexity index is 902. The molecule has 2 rings (SSSR count). The van der Waals surface area contributed by atoms with Gasteiger partial charge in [0.05, 0.1) is 16.5 Å². The molecule has 2 aromatic carbocycles. The minimum atomic E-state index is -3.33. The zero-order valence-corrected chi connectivity index (χ0v) is 16.4. The summed E-state index contributed by atoms with van der Waals surface area (Å²) in [6.45, 7) is 3.54. The number of nitrogens with one attached hydrogen (secondary N) is 1. The average molecular weight is 389 g/mol. The summed E-state index contributed by atoms with van der Waals surface area (Å²) < 4.78 is 27.9.